The highest BCUT2D eigenvalue weighted by Crippen LogP contribution is 2.30. The summed E-state index contributed by atoms with van der Waals surface area (Å²) in [6.07, 6.45) is 1.21. The molecule has 1 aromatic heterocycles. The van der Waals surface area contributed by atoms with Crippen LogP contribution in [0.2, 0.25) is 0 Å². The predicted octanol–water partition coefficient (Wildman–Crippen LogP) is 1.70. The van der Waals surface area contributed by atoms with E-state index in [9.17, 15) is 13.2 Å². The van der Waals surface area contributed by atoms with E-state index in [1.807, 2.05) is 24.3 Å². The van der Waals surface area contributed by atoms with E-state index in [-0.39, 0.29) is 16.7 Å². The molecule has 0 bridgehead atoms. The molecule has 1 saturated heterocycles. The molecular weight excluding hydrogens is 422 g/mol. The van der Waals surface area contributed by atoms with E-state index in [0.717, 1.165) is 50.4 Å². The highest BCUT2D eigenvalue weighted by molar-refractivity contribution is 7.91. The number of hydrogen-bond donors (Lipinski definition) is 1. The highest BCUT2D eigenvalue weighted by atomic mass is 32.2. The molecule has 3 heterocycles. The fourth-order valence-corrected chi connectivity index (χ4v) is 6.64. The lowest BCUT2D eigenvalue weighted by Crippen LogP contribution is -2.52. The Kier molecular flexibility index (Phi) is 6.84. The second kappa shape index (κ2) is 9.57. The molecule has 0 spiro atoms. The third-order valence-corrected chi connectivity index (χ3v) is 8.85. The summed E-state index contributed by atoms with van der Waals surface area (Å²) in [5, 5.41) is 4.71. The van der Waals surface area contributed by atoms with Crippen LogP contribution in [0.1, 0.15) is 17.5 Å². The summed E-state index contributed by atoms with van der Waals surface area (Å²) in [5.74, 6) is -0.230. The lowest BCUT2D eigenvalue weighted by molar-refractivity contribution is -0.125. The summed E-state index contributed by atoms with van der Waals surface area (Å²) in [7, 11) is -3.73. The Morgan fingerprint density at radius 3 is 2.63 bits per heavy atom. The van der Waals surface area contributed by atoms with Crippen molar-refractivity contribution in [3.05, 3.63) is 52.9 Å². The Morgan fingerprint density at radius 2 is 1.90 bits per heavy atom. The van der Waals surface area contributed by atoms with Gasteiger partial charge in [0.15, 0.2) is 0 Å². The van der Waals surface area contributed by atoms with Gasteiger partial charge in [-0.2, -0.15) is 4.31 Å². The molecule has 0 aliphatic carbocycles. The smallest absolute Gasteiger partial charge is 0.253 e. The zero-order valence-corrected chi connectivity index (χ0v) is 18.5. The van der Waals surface area contributed by atoms with Crippen molar-refractivity contribution in [2.24, 2.45) is 0 Å². The van der Waals surface area contributed by atoms with Gasteiger partial charge in [-0.15, -0.1) is 11.3 Å². The van der Waals surface area contributed by atoms with E-state index in [1.54, 1.807) is 17.5 Å². The Hall–Kier alpha value is -1.78. The van der Waals surface area contributed by atoms with Gasteiger partial charge in [0.1, 0.15) is 10.3 Å². The third-order valence-electron chi connectivity index (χ3n) is 5.62. The Balaban J connectivity index is 1.45. The number of nitrogens with one attached hydrogen (secondary N) is 1. The molecule has 9 heteroatoms. The van der Waals surface area contributed by atoms with Crippen LogP contribution in [0.15, 0.2) is 46.0 Å². The summed E-state index contributed by atoms with van der Waals surface area (Å²) >= 11 is 1.18. The van der Waals surface area contributed by atoms with Crippen LogP contribution in [0, 0.1) is 0 Å². The standard InChI is InChI=1S/C21H27N3O4S2/c25-21(22-8-4-9-23-10-12-28-13-11-23)19-15-17-5-1-2-6-18(17)16-24(19)30(26,27)20-7-3-14-29-20/h1-3,5-7,14,19H,4,8-13,15-16H2,(H,22,25). The van der Waals surface area contributed by atoms with Gasteiger partial charge < -0.3 is 10.1 Å². The van der Waals surface area contributed by atoms with Crippen LogP contribution >= 0.6 is 11.3 Å². The SMILES string of the molecule is O=C(NCCCN1CCOCC1)C1Cc2ccccc2CN1S(=O)(=O)c1cccs1. The molecule has 162 valence electrons. The number of hydrogen-bond acceptors (Lipinski definition) is 6. The largest absolute Gasteiger partial charge is 0.379 e. The molecule has 1 amide bonds. The van der Waals surface area contributed by atoms with Gasteiger partial charge in [-0.3, -0.25) is 9.69 Å². The third kappa shape index (κ3) is 4.76. The first kappa shape index (κ1) is 21.5. The number of carbonyl (C=O) groups excluding carboxylic acids is 1. The quantitative estimate of drug-likeness (QED) is 0.651. The number of fused-ring (bicyclic) bond motifs is 1. The van der Waals surface area contributed by atoms with E-state index in [2.05, 4.69) is 10.2 Å². The maximum atomic E-state index is 13.2. The number of rotatable bonds is 7. The van der Waals surface area contributed by atoms with Crippen LogP contribution in [-0.4, -0.2) is 69.0 Å². The minimum atomic E-state index is -3.73. The molecule has 0 saturated carbocycles. The maximum absolute atomic E-state index is 13.2. The summed E-state index contributed by atoms with van der Waals surface area (Å²) in [5.41, 5.74) is 1.98. The van der Waals surface area contributed by atoms with Gasteiger partial charge in [-0.25, -0.2) is 8.42 Å². The molecule has 1 aromatic carbocycles. The van der Waals surface area contributed by atoms with Crippen LogP contribution in [0.4, 0.5) is 0 Å². The number of sulfonamides is 1. The van der Waals surface area contributed by atoms with Crippen LogP contribution < -0.4 is 5.32 Å². The molecule has 7 nitrogen and oxygen atoms in total. The number of morpholine rings is 1. The van der Waals surface area contributed by atoms with Gasteiger partial charge in [0.05, 0.1) is 13.2 Å². The van der Waals surface area contributed by atoms with E-state index in [4.69, 9.17) is 4.74 Å². The van der Waals surface area contributed by atoms with Crippen LogP contribution in [0.3, 0.4) is 0 Å². The Morgan fingerprint density at radius 1 is 1.13 bits per heavy atom. The number of carbonyl (C=O) groups is 1. The van der Waals surface area contributed by atoms with Crippen molar-refractivity contribution >= 4 is 27.3 Å². The number of thiophene rings is 1. The number of amides is 1. The summed E-state index contributed by atoms with van der Waals surface area (Å²) in [6.45, 7) is 4.98. The average Bonchev–Trinajstić information content (AvgIpc) is 3.32. The molecule has 1 fully saturated rings. The Labute approximate surface area is 181 Å². The summed E-state index contributed by atoms with van der Waals surface area (Å²) in [4.78, 5) is 15.4. The molecule has 1 unspecified atom stereocenters. The van der Waals surface area contributed by atoms with Gasteiger partial charge in [0, 0.05) is 26.2 Å². The van der Waals surface area contributed by atoms with Crippen molar-refractivity contribution in [1.29, 1.82) is 0 Å². The average molecular weight is 450 g/mol. The number of ether oxygens (including phenoxy) is 1. The van der Waals surface area contributed by atoms with E-state index < -0.39 is 16.1 Å². The summed E-state index contributed by atoms with van der Waals surface area (Å²) in [6, 6.07) is 10.3. The minimum absolute atomic E-state index is 0.211. The predicted molar refractivity (Wildman–Crippen MR) is 116 cm³/mol. The van der Waals surface area contributed by atoms with E-state index >= 15 is 0 Å². The molecule has 2 aromatic rings. The zero-order chi connectivity index (χ0) is 21.0. The lowest BCUT2D eigenvalue weighted by Gasteiger charge is -2.34. The van der Waals surface area contributed by atoms with Crippen molar-refractivity contribution in [2.75, 3.05) is 39.4 Å². The van der Waals surface area contributed by atoms with Crippen LogP contribution in [-0.2, 0) is 32.5 Å². The highest BCUT2D eigenvalue weighted by Gasteiger charge is 2.39. The topological polar surface area (TPSA) is 79.0 Å². The van der Waals surface area contributed by atoms with Crippen LogP contribution in [0.25, 0.3) is 0 Å². The minimum Gasteiger partial charge on any atom is -0.379 e. The first-order chi connectivity index (χ1) is 14.6. The Bertz CT molecular complexity index is 956. The lowest BCUT2D eigenvalue weighted by atomic mass is 9.95. The van der Waals surface area contributed by atoms with Crippen molar-refractivity contribution < 1.29 is 17.9 Å². The van der Waals surface area contributed by atoms with Gasteiger partial charge >= 0.3 is 0 Å². The van der Waals surface area contributed by atoms with Gasteiger partial charge in [-0.05, 0) is 42.0 Å². The first-order valence-corrected chi connectivity index (χ1v) is 12.6. The molecule has 1 N–H and O–H groups in total. The molecule has 1 atom stereocenters. The van der Waals surface area contributed by atoms with Crippen molar-refractivity contribution in [3.8, 4) is 0 Å². The fourth-order valence-electron chi connectivity index (χ4n) is 3.96. The molecular formula is C21H27N3O4S2. The fraction of sp³-hybridized carbons (Fsp3) is 0.476. The monoisotopic (exact) mass is 449 g/mol. The number of nitrogens with zero attached hydrogens (tertiary/aromatic N) is 2. The molecule has 2 aliphatic heterocycles. The van der Waals surface area contributed by atoms with Crippen LogP contribution in [0.5, 0.6) is 0 Å². The second-order valence-corrected chi connectivity index (χ2v) is 10.6. The normalized spacial score (nSPS) is 20.6. The summed E-state index contributed by atoms with van der Waals surface area (Å²) < 4.78 is 33.5. The van der Waals surface area contributed by atoms with Crippen molar-refractivity contribution in [3.63, 3.8) is 0 Å². The zero-order valence-electron chi connectivity index (χ0n) is 16.8. The van der Waals surface area contributed by atoms with Gasteiger partial charge in [-0.1, -0.05) is 30.3 Å². The molecule has 0 radical (unpaired) electrons. The van der Waals surface area contributed by atoms with E-state index in [1.165, 1.54) is 15.6 Å². The molecule has 2 aliphatic rings. The second-order valence-electron chi connectivity index (χ2n) is 7.57. The maximum Gasteiger partial charge on any atom is 0.253 e. The molecule has 30 heavy (non-hydrogen) atoms. The molecule has 4 rings (SSSR count). The van der Waals surface area contributed by atoms with Crippen molar-refractivity contribution in [1.82, 2.24) is 14.5 Å². The van der Waals surface area contributed by atoms with Gasteiger partial charge in [0.2, 0.25) is 5.91 Å². The van der Waals surface area contributed by atoms with E-state index in [0.29, 0.717) is 13.0 Å². The first-order valence-electron chi connectivity index (χ1n) is 10.3. The van der Waals surface area contributed by atoms with Gasteiger partial charge in [0.25, 0.3) is 10.0 Å². The van der Waals surface area contributed by atoms with Crippen molar-refractivity contribution in [2.45, 2.75) is 29.6 Å². The number of benzene rings is 1.